The van der Waals surface area contributed by atoms with Gasteiger partial charge in [0, 0.05) is 24.6 Å². The standard InChI is InChI=1S/C17H18N4O4/c22-15(11-21-9-5-4-8-16(21)23)18-19-17(24)13-10-14(25-20-13)12-6-2-1-3-7-12/h1-3,6-7,10H,4-5,8-9,11H2,(H,18,22)(H,19,24). The number of nitrogens with zero attached hydrogens (tertiary/aromatic N) is 2. The van der Waals surface area contributed by atoms with Crippen LogP contribution in [0, 0.1) is 0 Å². The summed E-state index contributed by atoms with van der Waals surface area (Å²) in [5.74, 6) is -0.646. The van der Waals surface area contributed by atoms with E-state index < -0.39 is 11.8 Å². The number of aromatic nitrogens is 1. The Hall–Kier alpha value is -3.16. The number of piperidine rings is 1. The first-order chi connectivity index (χ1) is 12.1. The summed E-state index contributed by atoms with van der Waals surface area (Å²) in [6, 6.07) is 10.7. The molecule has 0 spiro atoms. The molecule has 1 aliphatic heterocycles. The van der Waals surface area contributed by atoms with Gasteiger partial charge in [0.25, 0.3) is 11.8 Å². The van der Waals surface area contributed by atoms with E-state index in [0.717, 1.165) is 18.4 Å². The number of benzene rings is 1. The first-order valence-electron chi connectivity index (χ1n) is 8.02. The van der Waals surface area contributed by atoms with E-state index >= 15 is 0 Å². The second-order valence-corrected chi connectivity index (χ2v) is 5.72. The van der Waals surface area contributed by atoms with Crippen LogP contribution in [0.25, 0.3) is 11.3 Å². The molecule has 0 saturated carbocycles. The number of rotatable bonds is 4. The summed E-state index contributed by atoms with van der Waals surface area (Å²) < 4.78 is 5.14. The molecule has 8 heteroatoms. The third kappa shape index (κ3) is 4.23. The Morgan fingerprint density at radius 3 is 2.72 bits per heavy atom. The second-order valence-electron chi connectivity index (χ2n) is 5.72. The molecular formula is C17H18N4O4. The van der Waals surface area contributed by atoms with Crippen LogP contribution in [0.4, 0.5) is 0 Å². The first-order valence-corrected chi connectivity index (χ1v) is 8.02. The van der Waals surface area contributed by atoms with Crippen molar-refractivity contribution in [3.05, 3.63) is 42.1 Å². The lowest BCUT2D eigenvalue weighted by Gasteiger charge is -2.25. The van der Waals surface area contributed by atoms with Crippen molar-refractivity contribution in [2.24, 2.45) is 0 Å². The Kier molecular flexibility index (Phi) is 5.08. The Morgan fingerprint density at radius 2 is 1.96 bits per heavy atom. The van der Waals surface area contributed by atoms with Crippen LogP contribution in [0.1, 0.15) is 29.8 Å². The number of nitrogens with one attached hydrogen (secondary N) is 2. The topological polar surface area (TPSA) is 105 Å². The normalized spacial score (nSPS) is 14.2. The third-order valence-electron chi connectivity index (χ3n) is 3.87. The molecule has 1 saturated heterocycles. The van der Waals surface area contributed by atoms with Crippen molar-refractivity contribution in [2.75, 3.05) is 13.1 Å². The number of carbonyl (C=O) groups excluding carboxylic acids is 3. The molecule has 0 bridgehead atoms. The number of hydrogen-bond donors (Lipinski definition) is 2. The molecule has 25 heavy (non-hydrogen) atoms. The molecule has 8 nitrogen and oxygen atoms in total. The molecule has 1 aliphatic rings. The zero-order valence-electron chi connectivity index (χ0n) is 13.5. The quantitative estimate of drug-likeness (QED) is 0.810. The van der Waals surface area contributed by atoms with Crippen LogP contribution in [0.5, 0.6) is 0 Å². The lowest BCUT2D eigenvalue weighted by molar-refractivity contribution is -0.138. The lowest BCUT2D eigenvalue weighted by Crippen LogP contribution is -2.48. The highest BCUT2D eigenvalue weighted by Crippen LogP contribution is 2.19. The van der Waals surface area contributed by atoms with E-state index in [1.165, 1.54) is 11.0 Å². The summed E-state index contributed by atoms with van der Waals surface area (Å²) in [6.45, 7) is 0.483. The predicted octanol–water partition coefficient (Wildman–Crippen LogP) is 1.12. The van der Waals surface area contributed by atoms with Gasteiger partial charge in [-0.3, -0.25) is 25.2 Å². The molecule has 0 radical (unpaired) electrons. The van der Waals surface area contributed by atoms with Gasteiger partial charge in [-0.05, 0) is 12.8 Å². The number of likely N-dealkylation sites (tertiary alicyclic amines) is 1. The molecule has 3 amide bonds. The minimum absolute atomic E-state index is 0.0447. The van der Waals surface area contributed by atoms with Crippen molar-refractivity contribution in [3.63, 3.8) is 0 Å². The van der Waals surface area contributed by atoms with E-state index in [9.17, 15) is 14.4 Å². The van der Waals surface area contributed by atoms with E-state index in [0.29, 0.717) is 18.7 Å². The smallest absolute Gasteiger partial charge is 0.291 e. The molecule has 0 aliphatic carbocycles. The maximum Gasteiger partial charge on any atom is 0.291 e. The Balaban J connectivity index is 1.51. The monoisotopic (exact) mass is 342 g/mol. The molecule has 130 valence electrons. The van der Waals surface area contributed by atoms with E-state index in [1.54, 1.807) is 0 Å². The van der Waals surface area contributed by atoms with Crippen molar-refractivity contribution < 1.29 is 18.9 Å². The minimum Gasteiger partial charge on any atom is -0.355 e. The van der Waals surface area contributed by atoms with Crippen molar-refractivity contribution in [1.82, 2.24) is 20.9 Å². The van der Waals surface area contributed by atoms with Crippen LogP contribution in [-0.4, -0.2) is 40.9 Å². The fourth-order valence-electron chi connectivity index (χ4n) is 2.55. The Morgan fingerprint density at radius 1 is 1.16 bits per heavy atom. The van der Waals surface area contributed by atoms with Crippen molar-refractivity contribution >= 4 is 17.7 Å². The zero-order valence-corrected chi connectivity index (χ0v) is 13.5. The van der Waals surface area contributed by atoms with Gasteiger partial charge in [0.2, 0.25) is 5.91 Å². The molecule has 3 rings (SSSR count). The summed E-state index contributed by atoms with van der Waals surface area (Å²) in [5.41, 5.74) is 5.40. The number of hydrazine groups is 1. The molecule has 2 heterocycles. The molecule has 0 atom stereocenters. The number of amides is 3. The maximum absolute atomic E-state index is 12.0. The molecule has 2 N–H and O–H groups in total. The largest absolute Gasteiger partial charge is 0.355 e. The summed E-state index contributed by atoms with van der Waals surface area (Å²) in [5, 5.41) is 3.70. The van der Waals surface area contributed by atoms with Gasteiger partial charge in [-0.25, -0.2) is 0 Å². The molecule has 1 aromatic carbocycles. The van der Waals surface area contributed by atoms with Gasteiger partial charge < -0.3 is 9.42 Å². The Labute approximate surface area is 144 Å². The van der Waals surface area contributed by atoms with Gasteiger partial charge in [0.1, 0.15) is 6.54 Å². The van der Waals surface area contributed by atoms with Crippen molar-refractivity contribution in [2.45, 2.75) is 19.3 Å². The highest BCUT2D eigenvalue weighted by molar-refractivity contribution is 5.95. The second kappa shape index (κ2) is 7.61. The van der Waals surface area contributed by atoms with E-state index in [-0.39, 0.29) is 18.1 Å². The van der Waals surface area contributed by atoms with Crippen molar-refractivity contribution in [1.29, 1.82) is 0 Å². The van der Waals surface area contributed by atoms with Gasteiger partial charge in [-0.1, -0.05) is 35.5 Å². The predicted molar refractivity (Wildman–Crippen MR) is 88.0 cm³/mol. The van der Waals surface area contributed by atoms with Crippen LogP contribution in [0.15, 0.2) is 40.9 Å². The van der Waals surface area contributed by atoms with E-state index in [4.69, 9.17) is 4.52 Å². The van der Waals surface area contributed by atoms with Crippen LogP contribution in [0.3, 0.4) is 0 Å². The van der Waals surface area contributed by atoms with Gasteiger partial charge in [0.15, 0.2) is 11.5 Å². The zero-order chi connectivity index (χ0) is 17.6. The average Bonchev–Trinajstić information content (AvgIpc) is 3.13. The van der Waals surface area contributed by atoms with Crippen LogP contribution >= 0.6 is 0 Å². The van der Waals surface area contributed by atoms with Crippen LogP contribution < -0.4 is 10.9 Å². The fraction of sp³-hybridized carbons (Fsp3) is 0.294. The maximum atomic E-state index is 12.0. The highest BCUT2D eigenvalue weighted by Gasteiger charge is 2.21. The highest BCUT2D eigenvalue weighted by atomic mass is 16.5. The average molecular weight is 342 g/mol. The van der Waals surface area contributed by atoms with Crippen molar-refractivity contribution in [3.8, 4) is 11.3 Å². The molecular weight excluding hydrogens is 324 g/mol. The minimum atomic E-state index is -0.593. The first kappa shape index (κ1) is 16.7. The summed E-state index contributed by atoms with van der Waals surface area (Å²) in [4.78, 5) is 37.0. The van der Waals surface area contributed by atoms with Gasteiger partial charge in [-0.15, -0.1) is 0 Å². The Bertz CT molecular complexity index is 772. The number of hydrogen-bond acceptors (Lipinski definition) is 5. The summed E-state index contributed by atoms with van der Waals surface area (Å²) in [7, 11) is 0. The lowest BCUT2D eigenvalue weighted by atomic mass is 10.1. The summed E-state index contributed by atoms with van der Waals surface area (Å²) >= 11 is 0. The van der Waals surface area contributed by atoms with E-state index in [2.05, 4.69) is 16.0 Å². The SMILES string of the molecule is O=C(CN1CCCCC1=O)NNC(=O)c1cc(-c2ccccc2)on1. The van der Waals surface area contributed by atoms with Crippen LogP contribution in [-0.2, 0) is 9.59 Å². The molecule has 1 aromatic heterocycles. The molecule has 0 unspecified atom stereocenters. The third-order valence-corrected chi connectivity index (χ3v) is 3.87. The van der Waals surface area contributed by atoms with Gasteiger partial charge in [-0.2, -0.15) is 0 Å². The van der Waals surface area contributed by atoms with Gasteiger partial charge >= 0.3 is 0 Å². The summed E-state index contributed by atoms with van der Waals surface area (Å²) in [6.07, 6.45) is 2.19. The van der Waals surface area contributed by atoms with Crippen LogP contribution in [0.2, 0.25) is 0 Å². The number of carbonyl (C=O) groups is 3. The molecule has 1 fully saturated rings. The fourth-order valence-corrected chi connectivity index (χ4v) is 2.55. The molecule has 2 aromatic rings. The van der Waals surface area contributed by atoms with E-state index in [1.807, 2.05) is 30.3 Å². The van der Waals surface area contributed by atoms with Gasteiger partial charge in [0.05, 0.1) is 0 Å².